The van der Waals surface area contributed by atoms with Crippen LogP contribution in [-0.2, 0) is 6.54 Å². The van der Waals surface area contributed by atoms with Crippen LogP contribution < -0.4 is 5.32 Å². The van der Waals surface area contributed by atoms with Crippen molar-refractivity contribution in [3.05, 3.63) is 35.1 Å². The Labute approximate surface area is 122 Å². The first-order valence-electron chi connectivity index (χ1n) is 7.90. The number of hydrogen-bond donors (Lipinski definition) is 1. The van der Waals surface area contributed by atoms with Crippen molar-refractivity contribution >= 4 is 0 Å². The third-order valence-electron chi connectivity index (χ3n) is 4.14. The van der Waals surface area contributed by atoms with E-state index in [4.69, 9.17) is 0 Å². The van der Waals surface area contributed by atoms with Gasteiger partial charge in [-0.2, -0.15) is 0 Å². The number of piperidine rings is 1. The van der Waals surface area contributed by atoms with Gasteiger partial charge in [-0.3, -0.25) is 4.90 Å². The Balaban J connectivity index is 1.98. The summed E-state index contributed by atoms with van der Waals surface area (Å²) in [6.45, 7) is 8.43. The molecule has 1 saturated heterocycles. The molecule has 0 aliphatic carbocycles. The molecule has 0 amide bonds. The van der Waals surface area contributed by atoms with Crippen molar-refractivity contribution in [1.82, 2.24) is 10.2 Å². The van der Waals surface area contributed by atoms with Crippen molar-refractivity contribution < 1.29 is 4.39 Å². The van der Waals surface area contributed by atoms with E-state index in [1.807, 2.05) is 6.07 Å². The van der Waals surface area contributed by atoms with Crippen LogP contribution >= 0.6 is 0 Å². The Hall–Kier alpha value is -0.930. The Bertz CT molecular complexity index is 413. The molecule has 0 radical (unpaired) electrons. The fraction of sp³-hybridized carbons (Fsp3) is 0.647. The van der Waals surface area contributed by atoms with Gasteiger partial charge < -0.3 is 5.32 Å². The fourth-order valence-electron chi connectivity index (χ4n) is 2.99. The molecule has 0 bridgehead atoms. The van der Waals surface area contributed by atoms with Crippen molar-refractivity contribution in [1.29, 1.82) is 0 Å². The summed E-state index contributed by atoms with van der Waals surface area (Å²) in [5, 5.41) is 3.60. The molecule has 0 saturated carbocycles. The SMILES string of the molecule is CCCN(Cc1cc(F)ccc1C)CC1CCCCN1. The highest BCUT2D eigenvalue weighted by Crippen LogP contribution is 2.15. The molecule has 1 unspecified atom stereocenters. The average Bonchev–Trinajstić information content (AvgIpc) is 2.44. The zero-order valence-electron chi connectivity index (χ0n) is 12.8. The molecule has 1 N–H and O–H groups in total. The van der Waals surface area contributed by atoms with Crippen LogP contribution in [0.3, 0.4) is 0 Å². The van der Waals surface area contributed by atoms with Crippen LogP contribution in [0.2, 0.25) is 0 Å². The standard InChI is InChI=1S/C17H27FN2/c1-3-10-20(13-17-6-4-5-9-19-17)12-15-11-16(18)8-7-14(15)2/h7-8,11,17,19H,3-6,9-10,12-13H2,1-2H3. The van der Waals surface area contributed by atoms with Crippen molar-refractivity contribution in [2.24, 2.45) is 0 Å². The number of rotatable bonds is 6. The van der Waals surface area contributed by atoms with Gasteiger partial charge in [-0.1, -0.05) is 19.4 Å². The van der Waals surface area contributed by atoms with E-state index in [9.17, 15) is 4.39 Å². The number of hydrogen-bond acceptors (Lipinski definition) is 2. The molecule has 0 aromatic heterocycles. The Morgan fingerprint density at radius 1 is 1.35 bits per heavy atom. The van der Waals surface area contributed by atoms with Gasteiger partial charge in [0.05, 0.1) is 0 Å². The van der Waals surface area contributed by atoms with E-state index in [-0.39, 0.29) is 5.82 Å². The predicted octanol–water partition coefficient (Wildman–Crippen LogP) is 3.49. The molecule has 1 aromatic rings. The molecular formula is C17H27FN2. The summed E-state index contributed by atoms with van der Waals surface area (Å²) in [5.74, 6) is -0.127. The number of nitrogens with zero attached hydrogens (tertiary/aromatic N) is 1. The lowest BCUT2D eigenvalue weighted by Crippen LogP contribution is -2.43. The summed E-state index contributed by atoms with van der Waals surface area (Å²) in [4.78, 5) is 2.46. The van der Waals surface area contributed by atoms with E-state index in [1.165, 1.54) is 24.8 Å². The molecule has 2 nitrogen and oxygen atoms in total. The second-order valence-electron chi connectivity index (χ2n) is 5.95. The Kier molecular flexibility index (Phi) is 5.99. The second-order valence-corrected chi connectivity index (χ2v) is 5.95. The van der Waals surface area contributed by atoms with Gasteiger partial charge in [-0.05, 0) is 62.5 Å². The quantitative estimate of drug-likeness (QED) is 0.857. The van der Waals surface area contributed by atoms with E-state index in [2.05, 4.69) is 24.1 Å². The van der Waals surface area contributed by atoms with Gasteiger partial charge in [0.15, 0.2) is 0 Å². The second kappa shape index (κ2) is 7.75. The first kappa shape index (κ1) is 15.5. The highest BCUT2D eigenvalue weighted by Gasteiger charge is 2.17. The van der Waals surface area contributed by atoms with E-state index >= 15 is 0 Å². The van der Waals surface area contributed by atoms with Crippen LogP contribution in [0.5, 0.6) is 0 Å². The van der Waals surface area contributed by atoms with Gasteiger partial charge in [0.1, 0.15) is 5.82 Å². The van der Waals surface area contributed by atoms with Crippen LogP contribution in [-0.4, -0.2) is 30.6 Å². The van der Waals surface area contributed by atoms with Gasteiger partial charge in [0, 0.05) is 19.1 Å². The summed E-state index contributed by atoms with van der Waals surface area (Å²) < 4.78 is 13.4. The van der Waals surface area contributed by atoms with Gasteiger partial charge in [0.25, 0.3) is 0 Å². The van der Waals surface area contributed by atoms with Crippen LogP contribution in [0.15, 0.2) is 18.2 Å². The highest BCUT2D eigenvalue weighted by atomic mass is 19.1. The zero-order valence-corrected chi connectivity index (χ0v) is 12.8. The molecule has 112 valence electrons. The summed E-state index contributed by atoms with van der Waals surface area (Å²) >= 11 is 0. The molecule has 0 spiro atoms. The molecule has 1 aliphatic heterocycles. The lowest BCUT2D eigenvalue weighted by Gasteiger charge is -2.30. The monoisotopic (exact) mass is 278 g/mol. The maximum absolute atomic E-state index is 13.4. The first-order valence-corrected chi connectivity index (χ1v) is 7.90. The molecule has 3 heteroatoms. The van der Waals surface area contributed by atoms with Crippen LogP contribution in [0, 0.1) is 12.7 Å². The molecule has 1 aromatic carbocycles. The summed E-state index contributed by atoms with van der Waals surface area (Å²) in [7, 11) is 0. The number of aryl methyl sites for hydroxylation is 1. The minimum Gasteiger partial charge on any atom is -0.313 e. The van der Waals surface area contributed by atoms with Gasteiger partial charge in [-0.25, -0.2) is 4.39 Å². The minimum atomic E-state index is -0.127. The van der Waals surface area contributed by atoms with Gasteiger partial charge in [0.2, 0.25) is 0 Å². The van der Waals surface area contributed by atoms with Crippen molar-refractivity contribution in [3.8, 4) is 0 Å². The van der Waals surface area contributed by atoms with Crippen molar-refractivity contribution in [3.63, 3.8) is 0 Å². The van der Waals surface area contributed by atoms with Crippen molar-refractivity contribution in [2.45, 2.75) is 52.1 Å². The van der Waals surface area contributed by atoms with Crippen LogP contribution in [0.1, 0.15) is 43.7 Å². The third kappa shape index (κ3) is 4.57. The predicted molar refractivity (Wildman–Crippen MR) is 82.3 cm³/mol. The summed E-state index contributed by atoms with van der Waals surface area (Å²) in [6.07, 6.45) is 5.04. The van der Waals surface area contributed by atoms with Crippen LogP contribution in [0.4, 0.5) is 4.39 Å². The molecule has 1 atom stereocenters. The summed E-state index contributed by atoms with van der Waals surface area (Å²) in [5.41, 5.74) is 2.30. The molecule has 1 aliphatic rings. The topological polar surface area (TPSA) is 15.3 Å². The smallest absolute Gasteiger partial charge is 0.123 e. The fourth-order valence-corrected chi connectivity index (χ4v) is 2.99. The largest absolute Gasteiger partial charge is 0.313 e. The zero-order chi connectivity index (χ0) is 14.4. The lowest BCUT2D eigenvalue weighted by atomic mass is 10.0. The van der Waals surface area contributed by atoms with E-state index in [0.29, 0.717) is 6.04 Å². The van der Waals surface area contributed by atoms with Crippen LogP contribution in [0.25, 0.3) is 0 Å². The maximum Gasteiger partial charge on any atom is 0.123 e. The Morgan fingerprint density at radius 3 is 2.90 bits per heavy atom. The van der Waals surface area contributed by atoms with Crippen molar-refractivity contribution in [2.75, 3.05) is 19.6 Å². The van der Waals surface area contributed by atoms with E-state index in [1.54, 1.807) is 12.1 Å². The van der Waals surface area contributed by atoms with Gasteiger partial charge >= 0.3 is 0 Å². The lowest BCUT2D eigenvalue weighted by molar-refractivity contribution is 0.216. The molecule has 1 fully saturated rings. The molecular weight excluding hydrogens is 251 g/mol. The average molecular weight is 278 g/mol. The normalized spacial score (nSPS) is 19.5. The molecule has 2 rings (SSSR count). The highest BCUT2D eigenvalue weighted by molar-refractivity contribution is 5.26. The first-order chi connectivity index (χ1) is 9.69. The number of benzene rings is 1. The Morgan fingerprint density at radius 2 is 2.20 bits per heavy atom. The van der Waals surface area contributed by atoms with E-state index in [0.717, 1.165) is 38.2 Å². The maximum atomic E-state index is 13.4. The number of nitrogens with one attached hydrogen (secondary N) is 1. The third-order valence-corrected chi connectivity index (χ3v) is 4.14. The molecule has 20 heavy (non-hydrogen) atoms. The summed E-state index contributed by atoms with van der Waals surface area (Å²) in [6, 6.07) is 5.72. The minimum absolute atomic E-state index is 0.127. The molecule has 1 heterocycles. The van der Waals surface area contributed by atoms with Gasteiger partial charge in [-0.15, -0.1) is 0 Å². The number of halogens is 1. The van der Waals surface area contributed by atoms with E-state index < -0.39 is 0 Å².